The first-order valence-corrected chi connectivity index (χ1v) is 9.12. The Morgan fingerprint density at radius 2 is 1.83 bits per heavy atom. The molecule has 0 aliphatic rings. The second kappa shape index (κ2) is 9.01. The fraction of sp³-hybridized carbons (Fsp3) is 0.130. The maximum atomic E-state index is 13.1. The zero-order valence-corrected chi connectivity index (χ0v) is 16.1. The molecule has 3 aromatic rings. The molecule has 1 unspecified atom stereocenters. The van der Waals surface area contributed by atoms with Crippen LogP contribution in [0.4, 0.5) is 4.39 Å². The Labute approximate surface area is 168 Å². The van der Waals surface area contributed by atoms with Crippen LogP contribution in [0.5, 0.6) is 0 Å². The lowest BCUT2D eigenvalue weighted by atomic mass is 10.1. The van der Waals surface area contributed by atoms with Gasteiger partial charge in [0.25, 0.3) is 11.8 Å². The Bertz CT molecular complexity index is 1020. The predicted molar refractivity (Wildman–Crippen MR) is 108 cm³/mol. The summed E-state index contributed by atoms with van der Waals surface area (Å²) in [7, 11) is 0. The minimum Gasteiger partial charge on any atom is -0.465 e. The van der Waals surface area contributed by atoms with Crippen molar-refractivity contribution in [2.45, 2.75) is 19.9 Å². The molecular formula is C23H21FN2O3. The fourth-order valence-electron chi connectivity index (χ4n) is 2.76. The van der Waals surface area contributed by atoms with Gasteiger partial charge in [0.1, 0.15) is 17.3 Å². The van der Waals surface area contributed by atoms with Gasteiger partial charge in [0.15, 0.2) is 0 Å². The summed E-state index contributed by atoms with van der Waals surface area (Å²) in [5.41, 5.74) is 2.15. The van der Waals surface area contributed by atoms with Crippen LogP contribution in [0.1, 0.15) is 40.2 Å². The van der Waals surface area contributed by atoms with Crippen LogP contribution in [0.3, 0.4) is 0 Å². The van der Waals surface area contributed by atoms with E-state index in [-0.39, 0.29) is 17.6 Å². The molecule has 148 valence electrons. The van der Waals surface area contributed by atoms with Gasteiger partial charge < -0.3 is 15.1 Å². The highest BCUT2D eigenvalue weighted by atomic mass is 19.1. The number of benzene rings is 2. The molecule has 1 heterocycles. The van der Waals surface area contributed by atoms with Crippen molar-refractivity contribution in [3.05, 3.63) is 101 Å². The van der Waals surface area contributed by atoms with Gasteiger partial charge in [0.2, 0.25) is 0 Å². The van der Waals surface area contributed by atoms with Crippen molar-refractivity contribution in [1.29, 1.82) is 0 Å². The predicted octanol–water partition coefficient (Wildman–Crippen LogP) is 4.38. The zero-order chi connectivity index (χ0) is 20.8. The van der Waals surface area contributed by atoms with Crippen LogP contribution in [0, 0.1) is 12.7 Å². The molecule has 6 heteroatoms. The van der Waals surface area contributed by atoms with Crippen molar-refractivity contribution in [3.63, 3.8) is 0 Å². The summed E-state index contributed by atoms with van der Waals surface area (Å²) in [5.74, 6) is -0.819. The van der Waals surface area contributed by atoms with E-state index in [4.69, 9.17) is 4.42 Å². The largest absolute Gasteiger partial charge is 0.465 e. The van der Waals surface area contributed by atoms with Crippen LogP contribution in [-0.4, -0.2) is 11.8 Å². The summed E-state index contributed by atoms with van der Waals surface area (Å²) in [4.78, 5) is 25.5. The summed E-state index contributed by atoms with van der Waals surface area (Å²) >= 11 is 0. The van der Waals surface area contributed by atoms with Gasteiger partial charge in [0.05, 0.1) is 12.3 Å². The molecule has 29 heavy (non-hydrogen) atoms. The van der Waals surface area contributed by atoms with E-state index in [0.29, 0.717) is 11.3 Å². The molecule has 1 aromatic heterocycles. The summed E-state index contributed by atoms with van der Waals surface area (Å²) in [5, 5.41) is 5.46. The quantitative estimate of drug-likeness (QED) is 0.612. The maximum Gasteiger partial charge on any atom is 0.268 e. The molecule has 0 spiro atoms. The van der Waals surface area contributed by atoms with Crippen molar-refractivity contribution >= 4 is 17.9 Å². The van der Waals surface area contributed by atoms with Crippen LogP contribution >= 0.6 is 0 Å². The highest BCUT2D eigenvalue weighted by Gasteiger charge is 2.18. The molecule has 0 radical (unpaired) electrons. The van der Waals surface area contributed by atoms with E-state index in [0.717, 1.165) is 11.1 Å². The number of carbonyl (C=O) groups is 2. The first-order valence-electron chi connectivity index (χ1n) is 9.12. The molecule has 2 amide bonds. The van der Waals surface area contributed by atoms with Crippen LogP contribution in [0.2, 0.25) is 0 Å². The van der Waals surface area contributed by atoms with Crippen LogP contribution in [0.15, 0.2) is 77.0 Å². The average molecular weight is 392 g/mol. The van der Waals surface area contributed by atoms with E-state index >= 15 is 0 Å². The SMILES string of the molecule is Cc1cccc(C(=O)N/C(=C\c2ccco2)C(=O)NC(C)c2ccc(F)cc2)c1. The van der Waals surface area contributed by atoms with Gasteiger partial charge in [-0.25, -0.2) is 4.39 Å². The molecule has 0 saturated carbocycles. The number of halogens is 1. The first kappa shape index (κ1) is 20.1. The zero-order valence-electron chi connectivity index (χ0n) is 16.1. The third kappa shape index (κ3) is 5.42. The molecule has 3 rings (SSSR count). The van der Waals surface area contributed by atoms with E-state index in [1.807, 2.05) is 13.0 Å². The standard InChI is InChI=1S/C23H21FN2O3/c1-15-5-3-6-18(13-15)22(27)26-21(14-20-7-4-12-29-20)23(28)25-16(2)17-8-10-19(24)11-9-17/h3-14,16H,1-2H3,(H,25,28)(H,26,27)/b21-14-. The Kier molecular flexibility index (Phi) is 6.24. The molecule has 0 saturated heterocycles. The van der Waals surface area contributed by atoms with Crippen molar-refractivity contribution < 1.29 is 18.4 Å². The number of amides is 2. The number of nitrogens with one attached hydrogen (secondary N) is 2. The lowest BCUT2D eigenvalue weighted by Gasteiger charge is -2.16. The van der Waals surface area contributed by atoms with E-state index in [2.05, 4.69) is 10.6 Å². The van der Waals surface area contributed by atoms with Gasteiger partial charge in [-0.05, 0) is 55.8 Å². The molecular weight excluding hydrogens is 371 g/mol. The molecule has 0 bridgehead atoms. The molecule has 0 fully saturated rings. The average Bonchev–Trinajstić information content (AvgIpc) is 3.21. The van der Waals surface area contributed by atoms with Crippen LogP contribution in [-0.2, 0) is 4.79 Å². The third-order valence-electron chi connectivity index (χ3n) is 4.32. The van der Waals surface area contributed by atoms with E-state index < -0.39 is 11.8 Å². The molecule has 1 atom stereocenters. The van der Waals surface area contributed by atoms with Crippen molar-refractivity contribution in [3.8, 4) is 0 Å². The molecule has 0 aliphatic carbocycles. The van der Waals surface area contributed by atoms with Gasteiger partial charge in [-0.15, -0.1) is 0 Å². The van der Waals surface area contributed by atoms with E-state index in [9.17, 15) is 14.0 Å². The summed E-state index contributed by atoms with van der Waals surface area (Å²) in [6.07, 6.45) is 2.94. The second-order valence-electron chi connectivity index (χ2n) is 6.64. The number of hydrogen-bond donors (Lipinski definition) is 2. The van der Waals surface area contributed by atoms with Gasteiger partial charge in [0, 0.05) is 11.6 Å². The molecule has 5 nitrogen and oxygen atoms in total. The molecule has 2 aromatic carbocycles. The smallest absolute Gasteiger partial charge is 0.268 e. The van der Waals surface area contributed by atoms with Gasteiger partial charge in [-0.1, -0.05) is 29.8 Å². The normalized spacial score (nSPS) is 12.3. The number of furan rings is 1. The Hall–Kier alpha value is -3.67. The van der Waals surface area contributed by atoms with E-state index in [1.165, 1.54) is 24.5 Å². The summed E-state index contributed by atoms with van der Waals surface area (Å²) < 4.78 is 18.4. The Morgan fingerprint density at radius 3 is 2.48 bits per heavy atom. The second-order valence-corrected chi connectivity index (χ2v) is 6.64. The highest BCUT2D eigenvalue weighted by Crippen LogP contribution is 2.15. The fourth-order valence-corrected chi connectivity index (χ4v) is 2.76. The maximum absolute atomic E-state index is 13.1. The topological polar surface area (TPSA) is 71.3 Å². The van der Waals surface area contributed by atoms with Crippen molar-refractivity contribution in [2.75, 3.05) is 0 Å². The van der Waals surface area contributed by atoms with Crippen LogP contribution < -0.4 is 10.6 Å². The third-order valence-corrected chi connectivity index (χ3v) is 4.32. The lowest BCUT2D eigenvalue weighted by molar-refractivity contribution is -0.118. The summed E-state index contributed by atoms with van der Waals surface area (Å²) in [6.45, 7) is 3.66. The number of hydrogen-bond acceptors (Lipinski definition) is 3. The summed E-state index contributed by atoms with van der Waals surface area (Å²) in [6, 6.07) is 15.9. The Balaban J connectivity index is 1.80. The number of rotatable bonds is 6. The van der Waals surface area contributed by atoms with Gasteiger partial charge >= 0.3 is 0 Å². The van der Waals surface area contributed by atoms with Gasteiger partial charge in [-0.2, -0.15) is 0 Å². The first-order chi connectivity index (χ1) is 13.9. The number of aryl methyl sites for hydroxylation is 1. The molecule has 2 N–H and O–H groups in total. The van der Waals surface area contributed by atoms with Gasteiger partial charge in [-0.3, -0.25) is 9.59 Å². The highest BCUT2D eigenvalue weighted by molar-refractivity contribution is 6.05. The Morgan fingerprint density at radius 1 is 1.07 bits per heavy atom. The minimum absolute atomic E-state index is 0.0421. The van der Waals surface area contributed by atoms with Crippen molar-refractivity contribution in [2.24, 2.45) is 0 Å². The minimum atomic E-state index is -0.487. The monoisotopic (exact) mass is 392 g/mol. The van der Waals surface area contributed by atoms with Crippen LogP contribution in [0.25, 0.3) is 6.08 Å². The van der Waals surface area contributed by atoms with E-state index in [1.54, 1.807) is 49.4 Å². The number of carbonyl (C=O) groups excluding carboxylic acids is 2. The van der Waals surface area contributed by atoms with Crippen molar-refractivity contribution in [1.82, 2.24) is 10.6 Å². The molecule has 0 aliphatic heterocycles. The lowest BCUT2D eigenvalue weighted by Crippen LogP contribution is -2.36.